The number of aliphatic hydroxyl groups is 2. The molecule has 1 atom stereocenters. The summed E-state index contributed by atoms with van der Waals surface area (Å²) in [6.07, 6.45) is 1.56. The number of methoxy groups -OCH3 is 1. The Bertz CT molecular complexity index is 1420. The molecule has 2 aromatic carbocycles. The molecule has 0 spiro atoms. The van der Waals surface area contributed by atoms with Crippen LogP contribution in [0.15, 0.2) is 36.5 Å². The molecule has 1 aliphatic heterocycles. The van der Waals surface area contributed by atoms with Crippen LogP contribution in [0, 0.1) is 34.7 Å². The lowest BCUT2D eigenvalue weighted by Gasteiger charge is -2.40. The monoisotopic (exact) mass is 557 g/mol. The summed E-state index contributed by atoms with van der Waals surface area (Å²) < 4.78 is 46.1. The summed E-state index contributed by atoms with van der Waals surface area (Å²) in [6, 6.07) is 6.37. The number of pyridine rings is 1. The third-order valence-electron chi connectivity index (χ3n) is 7.52. The van der Waals surface area contributed by atoms with E-state index in [0.717, 1.165) is 0 Å². The number of benzene rings is 2. The van der Waals surface area contributed by atoms with Gasteiger partial charge in [0.15, 0.2) is 0 Å². The van der Waals surface area contributed by atoms with E-state index in [4.69, 9.17) is 4.74 Å². The van der Waals surface area contributed by atoms with Gasteiger partial charge in [-0.1, -0.05) is 11.8 Å². The standard InChI is InChI=1S/C29H30F3N3O5/c1-40-20-4-5-25-22(15-20)27(18(17-36)16-33-25)26(37)6-7-29(28(38)34-39)8-11-35(12-9-29)10-2-3-21-23(31)13-19(30)14-24(21)32/h4-5,13-16,26,36-37,39H,6-12,17H2,1H3,(H,34,38). The predicted molar refractivity (Wildman–Crippen MR) is 140 cm³/mol. The quantitative estimate of drug-likeness (QED) is 0.190. The summed E-state index contributed by atoms with van der Waals surface area (Å²) in [7, 11) is 1.52. The first-order valence-corrected chi connectivity index (χ1v) is 12.8. The number of hydrogen-bond acceptors (Lipinski definition) is 7. The molecule has 1 unspecified atom stereocenters. The molecule has 4 rings (SSSR count). The van der Waals surface area contributed by atoms with Crippen LogP contribution in [0.4, 0.5) is 13.2 Å². The van der Waals surface area contributed by atoms with Crippen molar-refractivity contribution in [2.45, 2.75) is 38.4 Å². The number of halogens is 3. The maximum absolute atomic E-state index is 13.8. The Balaban J connectivity index is 1.47. The van der Waals surface area contributed by atoms with Crippen molar-refractivity contribution in [1.82, 2.24) is 15.4 Å². The van der Waals surface area contributed by atoms with Gasteiger partial charge in [-0.15, -0.1) is 0 Å². The Hall–Kier alpha value is -3.69. The van der Waals surface area contributed by atoms with Gasteiger partial charge in [0.1, 0.15) is 23.2 Å². The Kier molecular flexibility index (Phi) is 9.27. The molecule has 1 saturated heterocycles. The number of nitrogens with one attached hydrogen (secondary N) is 1. The van der Waals surface area contributed by atoms with Crippen molar-refractivity contribution in [3.8, 4) is 17.6 Å². The lowest BCUT2D eigenvalue weighted by Crippen LogP contribution is -2.48. The highest BCUT2D eigenvalue weighted by molar-refractivity contribution is 5.85. The summed E-state index contributed by atoms with van der Waals surface area (Å²) in [6.45, 7) is 0.643. The lowest BCUT2D eigenvalue weighted by molar-refractivity contribution is -0.143. The number of fused-ring (bicyclic) bond motifs is 1. The molecule has 40 heavy (non-hydrogen) atoms. The van der Waals surface area contributed by atoms with E-state index < -0.39 is 40.4 Å². The minimum absolute atomic E-state index is 0.166. The molecule has 1 aromatic heterocycles. The molecule has 212 valence electrons. The molecule has 0 radical (unpaired) electrons. The zero-order valence-electron chi connectivity index (χ0n) is 21.9. The predicted octanol–water partition coefficient (Wildman–Crippen LogP) is 3.61. The van der Waals surface area contributed by atoms with Crippen LogP contribution in [0.5, 0.6) is 5.75 Å². The first-order chi connectivity index (χ1) is 19.2. The van der Waals surface area contributed by atoms with Gasteiger partial charge in [-0.05, 0) is 49.4 Å². The highest BCUT2D eigenvalue weighted by Crippen LogP contribution is 2.40. The third kappa shape index (κ3) is 6.21. The second-order valence-electron chi connectivity index (χ2n) is 9.84. The molecule has 1 amide bonds. The van der Waals surface area contributed by atoms with E-state index in [1.54, 1.807) is 23.7 Å². The largest absolute Gasteiger partial charge is 0.497 e. The number of carbonyl (C=O) groups is 1. The number of likely N-dealkylation sites (tertiary alicyclic amines) is 1. The molecule has 1 aliphatic rings. The van der Waals surface area contributed by atoms with Crippen LogP contribution < -0.4 is 10.2 Å². The fraction of sp³-hybridized carbons (Fsp3) is 0.379. The summed E-state index contributed by atoms with van der Waals surface area (Å²) in [5.41, 5.74) is 1.84. The van der Waals surface area contributed by atoms with E-state index in [2.05, 4.69) is 16.8 Å². The number of aromatic nitrogens is 1. The van der Waals surface area contributed by atoms with Gasteiger partial charge in [0.2, 0.25) is 5.91 Å². The minimum atomic E-state index is -1.08. The van der Waals surface area contributed by atoms with E-state index >= 15 is 0 Å². The topological polar surface area (TPSA) is 115 Å². The summed E-state index contributed by atoms with van der Waals surface area (Å²) in [5.74, 6) is 1.92. The van der Waals surface area contributed by atoms with Crippen LogP contribution in [0.25, 0.3) is 10.9 Å². The van der Waals surface area contributed by atoms with Crippen molar-refractivity contribution in [2.24, 2.45) is 5.41 Å². The highest BCUT2D eigenvalue weighted by Gasteiger charge is 2.41. The Morgan fingerprint density at radius 1 is 1.20 bits per heavy atom. The molecule has 8 nitrogen and oxygen atoms in total. The third-order valence-corrected chi connectivity index (χ3v) is 7.52. The number of hydroxylamine groups is 1. The number of amides is 1. The van der Waals surface area contributed by atoms with Crippen molar-refractivity contribution in [2.75, 3.05) is 26.7 Å². The van der Waals surface area contributed by atoms with Gasteiger partial charge in [0.05, 0.1) is 42.9 Å². The maximum atomic E-state index is 13.8. The Labute approximate surface area is 229 Å². The molecule has 4 N–H and O–H groups in total. The van der Waals surface area contributed by atoms with Crippen LogP contribution in [0.1, 0.15) is 48.5 Å². The van der Waals surface area contributed by atoms with Crippen molar-refractivity contribution >= 4 is 16.8 Å². The fourth-order valence-electron chi connectivity index (χ4n) is 5.19. The molecule has 0 saturated carbocycles. The van der Waals surface area contributed by atoms with Crippen LogP contribution >= 0.6 is 0 Å². The minimum Gasteiger partial charge on any atom is -0.497 e. The van der Waals surface area contributed by atoms with Gasteiger partial charge >= 0.3 is 0 Å². The Morgan fingerprint density at radius 3 is 2.52 bits per heavy atom. The molecule has 3 aromatic rings. The van der Waals surface area contributed by atoms with Gasteiger partial charge in [-0.2, -0.15) is 0 Å². The van der Waals surface area contributed by atoms with E-state index in [1.165, 1.54) is 13.3 Å². The van der Waals surface area contributed by atoms with Crippen LogP contribution in [0.3, 0.4) is 0 Å². The van der Waals surface area contributed by atoms with E-state index in [9.17, 15) is 33.4 Å². The van der Waals surface area contributed by atoms with E-state index in [0.29, 0.717) is 65.8 Å². The second kappa shape index (κ2) is 12.7. The van der Waals surface area contributed by atoms with E-state index in [1.807, 2.05) is 4.90 Å². The molecular formula is C29H30F3N3O5. The number of nitrogens with zero attached hydrogens (tertiary/aromatic N) is 2. The normalized spacial score (nSPS) is 15.8. The molecule has 2 heterocycles. The first-order valence-electron chi connectivity index (χ1n) is 12.8. The van der Waals surface area contributed by atoms with Crippen LogP contribution in [-0.2, 0) is 11.4 Å². The van der Waals surface area contributed by atoms with E-state index in [-0.39, 0.29) is 26.0 Å². The van der Waals surface area contributed by atoms with Gasteiger partial charge in [-0.3, -0.25) is 19.9 Å². The lowest BCUT2D eigenvalue weighted by atomic mass is 9.73. The van der Waals surface area contributed by atoms with Crippen molar-refractivity contribution in [1.29, 1.82) is 0 Å². The summed E-state index contributed by atoms with van der Waals surface area (Å²) >= 11 is 0. The number of carbonyl (C=O) groups excluding carboxylic acids is 1. The molecular weight excluding hydrogens is 527 g/mol. The molecule has 0 bridgehead atoms. The summed E-state index contributed by atoms with van der Waals surface area (Å²) in [4.78, 5) is 19.0. The average molecular weight is 558 g/mol. The molecule has 11 heteroatoms. The number of piperidine rings is 1. The van der Waals surface area contributed by atoms with Gasteiger partial charge < -0.3 is 14.9 Å². The van der Waals surface area contributed by atoms with Crippen LogP contribution in [-0.4, -0.2) is 58.0 Å². The SMILES string of the molecule is COc1ccc2ncc(CO)c(C(O)CCC3(C(=O)NO)CCN(CC#Cc4c(F)cc(F)cc4F)CC3)c2c1. The van der Waals surface area contributed by atoms with Gasteiger partial charge in [0.25, 0.3) is 0 Å². The molecule has 1 fully saturated rings. The van der Waals surface area contributed by atoms with Gasteiger partial charge in [0, 0.05) is 42.4 Å². The second-order valence-corrected chi connectivity index (χ2v) is 9.84. The maximum Gasteiger partial charge on any atom is 0.249 e. The number of hydrogen-bond donors (Lipinski definition) is 4. The molecule has 0 aliphatic carbocycles. The van der Waals surface area contributed by atoms with Crippen LogP contribution in [0.2, 0.25) is 0 Å². The fourth-order valence-corrected chi connectivity index (χ4v) is 5.19. The zero-order valence-corrected chi connectivity index (χ0v) is 21.9. The number of ether oxygens (including phenoxy) is 1. The van der Waals surface area contributed by atoms with Crippen molar-refractivity contribution in [3.63, 3.8) is 0 Å². The zero-order chi connectivity index (χ0) is 28.9. The van der Waals surface area contributed by atoms with Crippen molar-refractivity contribution < 1.29 is 38.1 Å². The number of rotatable bonds is 8. The highest BCUT2D eigenvalue weighted by atomic mass is 19.1. The van der Waals surface area contributed by atoms with Crippen molar-refractivity contribution in [3.05, 3.63) is 70.7 Å². The first kappa shape index (κ1) is 29.3. The van der Waals surface area contributed by atoms with Gasteiger partial charge in [-0.25, -0.2) is 18.7 Å². The average Bonchev–Trinajstić information content (AvgIpc) is 2.96. The number of aliphatic hydroxyl groups excluding tert-OH is 2. The Morgan fingerprint density at radius 2 is 1.90 bits per heavy atom. The summed E-state index contributed by atoms with van der Waals surface area (Å²) in [5, 5.41) is 31.2. The smallest absolute Gasteiger partial charge is 0.249 e.